The average Bonchev–Trinajstić information content (AvgIpc) is 3.27. The van der Waals surface area contributed by atoms with E-state index in [4.69, 9.17) is 14.6 Å². The molecule has 2 atom stereocenters. The topological polar surface area (TPSA) is 73.1 Å². The Bertz CT molecular complexity index is 1240. The Morgan fingerprint density at radius 2 is 1.86 bits per heavy atom. The Kier molecular flexibility index (Phi) is 6.27. The molecule has 1 aliphatic heterocycles. The number of fused-ring (bicyclic) bond motifs is 1. The van der Waals surface area contributed by atoms with Crippen LogP contribution in [-0.4, -0.2) is 65.7 Å². The summed E-state index contributed by atoms with van der Waals surface area (Å²) in [6.45, 7) is 2.16. The third-order valence-corrected chi connectivity index (χ3v) is 6.97. The molecule has 7 nitrogen and oxygen atoms in total. The quantitative estimate of drug-likeness (QED) is 0.521. The second-order valence-corrected chi connectivity index (χ2v) is 9.11. The number of ether oxygens (including phenoxy) is 2. The second kappa shape index (κ2) is 9.37. The number of aromatic nitrogens is 2. The fourth-order valence-electron chi connectivity index (χ4n) is 5.16. The highest BCUT2D eigenvalue weighted by Crippen LogP contribution is 2.48. The predicted octanol–water partition coefficient (Wildman–Crippen LogP) is 4.17. The molecule has 9 heteroatoms. The number of amides is 1. The van der Waals surface area contributed by atoms with Crippen LogP contribution < -0.4 is 0 Å². The fraction of sp³-hybridized carbons (Fsp3) is 0.423. The average molecular weight is 484 g/mol. The minimum Gasteiger partial charge on any atom is -0.469 e. The number of rotatable bonds is 4. The molecule has 0 spiro atoms. The molecular weight excluding hydrogens is 456 g/mol. The maximum Gasteiger partial charge on any atom is 0.309 e. The van der Waals surface area contributed by atoms with Crippen LogP contribution in [0.25, 0.3) is 16.6 Å². The lowest BCUT2D eigenvalue weighted by Gasteiger charge is -2.34. The van der Waals surface area contributed by atoms with E-state index in [1.54, 1.807) is 27.7 Å². The number of benzene rings is 1. The van der Waals surface area contributed by atoms with Crippen molar-refractivity contribution in [2.75, 3.05) is 33.4 Å². The van der Waals surface area contributed by atoms with Crippen LogP contribution in [0.5, 0.6) is 0 Å². The minimum atomic E-state index is -2.92. The zero-order chi connectivity index (χ0) is 24.6. The van der Waals surface area contributed by atoms with Crippen LogP contribution in [-0.2, 0) is 14.3 Å². The number of nitrogens with zero attached hydrogens (tertiary/aromatic N) is 3. The molecule has 1 saturated heterocycles. The van der Waals surface area contributed by atoms with Gasteiger partial charge in [0.1, 0.15) is 0 Å². The van der Waals surface area contributed by atoms with Gasteiger partial charge in [-0.25, -0.2) is 13.3 Å². The van der Waals surface area contributed by atoms with Crippen molar-refractivity contribution < 1.29 is 27.8 Å². The summed E-state index contributed by atoms with van der Waals surface area (Å²) >= 11 is 0. The molecule has 2 fully saturated rings. The molecule has 3 heterocycles. The molecule has 2 unspecified atom stereocenters. The number of carbonyl (C=O) groups excluding carboxylic acids is 2. The Morgan fingerprint density at radius 3 is 2.57 bits per heavy atom. The van der Waals surface area contributed by atoms with Crippen molar-refractivity contribution in [2.45, 2.75) is 31.1 Å². The van der Waals surface area contributed by atoms with E-state index < -0.39 is 30.1 Å². The molecule has 1 aromatic carbocycles. The highest BCUT2D eigenvalue weighted by Gasteiger charge is 2.47. The number of morpholine rings is 1. The van der Waals surface area contributed by atoms with Gasteiger partial charge in [-0.15, -0.1) is 0 Å². The molecule has 3 aromatic rings. The van der Waals surface area contributed by atoms with Crippen LogP contribution >= 0.6 is 0 Å². The van der Waals surface area contributed by atoms with E-state index in [0.717, 1.165) is 16.6 Å². The molecule has 2 aliphatic rings. The van der Waals surface area contributed by atoms with Crippen molar-refractivity contribution in [1.82, 2.24) is 14.5 Å². The van der Waals surface area contributed by atoms with Gasteiger partial charge in [-0.1, -0.05) is 18.2 Å². The third kappa shape index (κ3) is 4.52. The van der Waals surface area contributed by atoms with Gasteiger partial charge in [-0.05, 0) is 36.2 Å². The predicted molar refractivity (Wildman–Crippen MR) is 124 cm³/mol. The molecule has 35 heavy (non-hydrogen) atoms. The number of hydrogen-bond acceptors (Lipinski definition) is 5. The number of carbonyl (C=O) groups is 2. The van der Waals surface area contributed by atoms with Crippen molar-refractivity contribution in [3.05, 3.63) is 59.9 Å². The van der Waals surface area contributed by atoms with Crippen molar-refractivity contribution >= 4 is 17.4 Å². The fourth-order valence-corrected chi connectivity index (χ4v) is 5.16. The lowest BCUT2D eigenvalue weighted by Crippen LogP contribution is -2.40. The van der Waals surface area contributed by atoms with Crippen LogP contribution in [0.2, 0.25) is 0 Å². The third-order valence-electron chi connectivity index (χ3n) is 6.97. The van der Waals surface area contributed by atoms with E-state index in [9.17, 15) is 18.4 Å². The van der Waals surface area contributed by atoms with E-state index in [2.05, 4.69) is 0 Å². The summed E-state index contributed by atoms with van der Waals surface area (Å²) in [6.07, 6.45) is 1.04. The Morgan fingerprint density at radius 1 is 1.11 bits per heavy atom. The molecule has 0 N–H and O–H groups in total. The normalized spacial score (nSPS) is 22.2. The summed E-state index contributed by atoms with van der Waals surface area (Å²) in [7, 11) is 1.22. The van der Waals surface area contributed by atoms with E-state index in [0.29, 0.717) is 37.6 Å². The second-order valence-electron chi connectivity index (χ2n) is 9.11. The Labute approximate surface area is 201 Å². The first-order valence-corrected chi connectivity index (χ1v) is 11.8. The lowest BCUT2D eigenvalue weighted by molar-refractivity contribution is -0.154. The maximum atomic E-state index is 14.3. The van der Waals surface area contributed by atoms with Crippen LogP contribution in [0.1, 0.15) is 41.2 Å². The Balaban J connectivity index is 1.54. The molecule has 1 saturated carbocycles. The molecular formula is C26H27F2N3O4. The molecule has 1 aliphatic carbocycles. The van der Waals surface area contributed by atoms with Crippen LogP contribution in [0.3, 0.4) is 0 Å². The molecule has 0 bridgehead atoms. The first kappa shape index (κ1) is 23.4. The van der Waals surface area contributed by atoms with Gasteiger partial charge in [0.25, 0.3) is 5.91 Å². The first-order valence-electron chi connectivity index (χ1n) is 11.8. The van der Waals surface area contributed by atoms with Gasteiger partial charge in [0.2, 0.25) is 5.92 Å². The molecule has 184 valence electrons. The Hall–Kier alpha value is -3.33. The number of alkyl halides is 2. The van der Waals surface area contributed by atoms with Gasteiger partial charge in [0, 0.05) is 49.2 Å². The standard InChI is InChI=1S/C26H27F2N3O4/c1-34-25(33)20-16-26(27,28)10-9-19(20)23-22(21-4-2-3-11-31(21)29-23)17-5-7-18(8-6-17)24(32)30-12-14-35-15-13-30/h2-8,11,19-20H,9-10,12-16H2,1H3. The highest BCUT2D eigenvalue weighted by atomic mass is 19.3. The van der Waals surface area contributed by atoms with E-state index in [1.165, 1.54) is 7.11 Å². The van der Waals surface area contributed by atoms with Gasteiger partial charge < -0.3 is 14.4 Å². The van der Waals surface area contributed by atoms with Crippen molar-refractivity contribution in [3.8, 4) is 11.1 Å². The van der Waals surface area contributed by atoms with Crippen molar-refractivity contribution in [2.24, 2.45) is 5.92 Å². The smallest absolute Gasteiger partial charge is 0.309 e. The molecule has 2 aromatic heterocycles. The van der Waals surface area contributed by atoms with E-state index in [1.807, 2.05) is 30.3 Å². The number of hydrogen-bond donors (Lipinski definition) is 0. The molecule has 0 radical (unpaired) electrons. The summed E-state index contributed by atoms with van der Waals surface area (Å²) in [5.74, 6) is -5.12. The molecule has 1 amide bonds. The van der Waals surface area contributed by atoms with Gasteiger partial charge in [-0.2, -0.15) is 5.10 Å². The van der Waals surface area contributed by atoms with Gasteiger partial charge in [0.15, 0.2) is 0 Å². The van der Waals surface area contributed by atoms with Crippen LogP contribution in [0.4, 0.5) is 8.78 Å². The number of pyridine rings is 1. The summed E-state index contributed by atoms with van der Waals surface area (Å²) in [5.41, 5.74) is 3.55. The number of methoxy groups -OCH3 is 1. The van der Waals surface area contributed by atoms with E-state index in [-0.39, 0.29) is 18.7 Å². The maximum absolute atomic E-state index is 14.3. The van der Waals surface area contributed by atoms with Gasteiger partial charge in [-0.3, -0.25) is 9.59 Å². The van der Waals surface area contributed by atoms with Gasteiger partial charge >= 0.3 is 5.97 Å². The zero-order valence-corrected chi connectivity index (χ0v) is 19.5. The molecule has 5 rings (SSSR count). The summed E-state index contributed by atoms with van der Waals surface area (Å²) in [5, 5.41) is 4.73. The monoisotopic (exact) mass is 483 g/mol. The number of esters is 1. The number of halogens is 2. The van der Waals surface area contributed by atoms with Gasteiger partial charge in [0.05, 0.1) is 37.5 Å². The SMILES string of the molecule is COC(=O)C1CC(F)(F)CCC1c1nn2ccccc2c1-c1ccc(C(=O)N2CCOCC2)cc1. The largest absolute Gasteiger partial charge is 0.469 e. The zero-order valence-electron chi connectivity index (χ0n) is 19.5. The summed E-state index contributed by atoms with van der Waals surface area (Å²) in [4.78, 5) is 27.2. The first-order chi connectivity index (χ1) is 16.9. The summed E-state index contributed by atoms with van der Waals surface area (Å²) < 4.78 is 40.5. The van der Waals surface area contributed by atoms with Crippen molar-refractivity contribution in [3.63, 3.8) is 0 Å². The van der Waals surface area contributed by atoms with Crippen LogP contribution in [0, 0.1) is 5.92 Å². The lowest BCUT2D eigenvalue weighted by atomic mass is 9.74. The summed E-state index contributed by atoms with van der Waals surface area (Å²) in [6, 6.07) is 12.9. The van der Waals surface area contributed by atoms with Crippen LogP contribution in [0.15, 0.2) is 48.7 Å². The minimum absolute atomic E-state index is 0.0554. The van der Waals surface area contributed by atoms with E-state index >= 15 is 0 Å². The highest BCUT2D eigenvalue weighted by molar-refractivity contribution is 5.95. The van der Waals surface area contributed by atoms with Crippen molar-refractivity contribution in [1.29, 1.82) is 0 Å².